The third kappa shape index (κ3) is 4.58. The Labute approximate surface area is 159 Å². The lowest BCUT2D eigenvalue weighted by atomic mass is 10.2. The van der Waals surface area contributed by atoms with Crippen LogP contribution in [0.25, 0.3) is 0 Å². The van der Waals surface area contributed by atoms with Crippen LogP contribution in [-0.4, -0.2) is 36.6 Å². The fraction of sp³-hybridized carbons (Fsp3) is 0.312. The van der Waals surface area contributed by atoms with E-state index in [0.717, 1.165) is 17.1 Å². The minimum absolute atomic E-state index is 0.157. The molecule has 0 atom stereocenters. The minimum atomic E-state index is -0.157. The highest BCUT2D eigenvalue weighted by Crippen LogP contribution is 2.21. The van der Waals surface area contributed by atoms with E-state index in [9.17, 15) is 4.79 Å². The molecule has 3 rings (SSSR count). The van der Waals surface area contributed by atoms with Crippen LogP contribution in [0, 0.1) is 6.92 Å². The molecule has 0 spiro atoms. The van der Waals surface area contributed by atoms with Crippen molar-refractivity contribution < 1.29 is 9.53 Å². The van der Waals surface area contributed by atoms with E-state index >= 15 is 0 Å². The predicted molar refractivity (Wildman–Crippen MR) is 100 cm³/mol. The SMILES string of the molecule is CCn1c(COc2ccccc2C)nnc1SCC(=O)Nc1nncs1. The van der Waals surface area contributed by atoms with Crippen LogP contribution in [-0.2, 0) is 17.9 Å². The molecule has 0 fully saturated rings. The van der Waals surface area contributed by atoms with Gasteiger partial charge in [0.1, 0.15) is 17.9 Å². The normalized spacial score (nSPS) is 10.7. The first-order valence-electron chi connectivity index (χ1n) is 7.96. The van der Waals surface area contributed by atoms with Crippen LogP contribution >= 0.6 is 23.1 Å². The second-order valence-electron chi connectivity index (χ2n) is 5.28. The minimum Gasteiger partial charge on any atom is -0.485 e. The first-order chi connectivity index (χ1) is 12.7. The molecule has 1 N–H and O–H groups in total. The summed E-state index contributed by atoms with van der Waals surface area (Å²) in [5.74, 6) is 1.61. The largest absolute Gasteiger partial charge is 0.485 e. The van der Waals surface area contributed by atoms with Crippen molar-refractivity contribution in [2.45, 2.75) is 32.2 Å². The van der Waals surface area contributed by atoms with Crippen molar-refractivity contribution in [2.75, 3.05) is 11.1 Å². The van der Waals surface area contributed by atoms with Crippen molar-refractivity contribution >= 4 is 34.1 Å². The van der Waals surface area contributed by atoms with E-state index in [4.69, 9.17) is 4.74 Å². The van der Waals surface area contributed by atoms with Crippen molar-refractivity contribution in [1.29, 1.82) is 0 Å². The molecule has 2 heterocycles. The van der Waals surface area contributed by atoms with E-state index in [0.29, 0.717) is 23.4 Å². The fourth-order valence-corrected chi connectivity index (χ4v) is 3.51. The zero-order valence-electron chi connectivity index (χ0n) is 14.4. The zero-order valence-corrected chi connectivity index (χ0v) is 16.0. The first kappa shape index (κ1) is 18.3. The maximum Gasteiger partial charge on any atom is 0.236 e. The number of hydrogen-bond acceptors (Lipinski definition) is 8. The molecule has 3 aromatic rings. The van der Waals surface area contributed by atoms with Gasteiger partial charge in [-0.25, -0.2) is 0 Å². The van der Waals surface area contributed by atoms with Crippen LogP contribution in [0.2, 0.25) is 0 Å². The van der Waals surface area contributed by atoms with Crippen LogP contribution in [0.4, 0.5) is 5.13 Å². The van der Waals surface area contributed by atoms with Gasteiger partial charge in [-0.3, -0.25) is 10.1 Å². The molecular formula is C16H18N6O2S2. The Kier molecular flexibility index (Phi) is 6.18. The van der Waals surface area contributed by atoms with E-state index in [-0.39, 0.29) is 11.7 Å². The number of rotatable bonds is 8. The van der Waals surface area contributed by atoms with Gasteiger partial charge in [0.05, 0.1) is 5.75 Å². The van der Waals surface area contributed by atoms with Crippen LogP contribution in [0.5, 0.6) is 5.75 Å². The monoisotopic (exact) mass is 390 g/mol. The fourth-order valence-electron chi connectivity index (χ4n) is 2.22. The zero-order chi connectivity index (χ0) is 18.4. The van der Waals surface area contributed by atoms with Crippen LogP contribution in [0.1, 0.15) is 18.3 Å². The molecule has 136 valence electrons. The number of aryl methyl sites for hydroxylation is 1. The number of para-hydroxylation sites is 1. The van der Waals surface area contributed by atoms with Gasteiger partial charge < -0.3 is 9.30 Å². The smallest absolute Gasteiger partial charge is 0.236 e. The third-order valence-corrected chi connectivity index (χ3v) is 5.07. The summed E-state index contributed by atoms with van der Waals surface area (Å²) in [6, 6.07) is 7.83. The van der Waals surface area contributed by atoms with Crippen LogP contribution < -0.4 is 10.1 Å². The molecule has 0 aliphatic carbocycles. The molecule has 0 aliphatic rings. The number of hydrogen-bond donors (Lipinski definition) is 1. The van der Waals surface area contributed by atoms with Gasteiger partial charge in [-0.15, -0.1) is 20.4 Å². The van der Waals surface area contributed by atoms with Gasteiger partial charge in [0, 0.05) is 6.54 Å². The molecule has 1 aromatic carbocycles. The quantitative estimate of drug-likeness (QED) is 0.591. The highest BCUT2D eigenvalue weighted by Gasteiger charge is 2.14. The molecular weight excluding hydrogens is 372 g/mol. The van der Waals surface area contributed by atoms with Gasteiger partial charge in [0.15, 0.2) is 11.0 Å². The Bertz CT molecular complexity index is 866. The second-order valence-corrected chi connectivity index (χ2v) is 7.05. The van der Waals surface area contributed by atoms with Crippen molar-refractivity contribution in [3.8, 4) is 5.75 Å². The van der Waals surface area contributed by atoms with Gasteiger partial charge in [0.25, 0.3) is 0 Å². The summed E-state index contributed by atoms with van der Waals surface area (Å²) in [5, 5.41) is 19.7. The lowest BCUT2D eigenvalue weighted by molar-refractivity contribution is -0.113. The summed E-state index contributed by atoms with van der Waals surface area (Å²) in [6.07, 6.45) is 0. The molecule has 2 aromatic heterocycles. The molecule has 0 bridgehead atoms. The second kappa shape index (κ2) is 8.77. The molecule has 0 radical (unpaired) electrons. The molecule has 10 heteroatoms. The van der Waals surface area contributed by atoms with Gasteiger partial charge >= 0.3 is 0 Å². The number of amides is 1. The van der Waals surface area contributed by atoms with E-state index in [1.54, 1.807) is 5.51 Å². The maximum absolute atomic E-state index is 12.0. The first-order valence-corrected chi connectivity index (χ1v) is 9.83. The lowest BCUT2D eigenvalue weighted by Crippen LogP contribution is -2.14. The van der Waals surface area contributed by atoms with E-state index in [1.807, 2.05) is 42.7 Å². The topological polar surface area (TPSA) is 94.8 Å². The number of carbonyl (C=O) groups is 1. The summed E-state index contributed by atoms with van der Waals surface area (Å²) >= 11 is 2.60. The summed E-state index contributed by atoms with van der Waals surface area (Å²) in [4.78, 5) is 12.0. The molecule has 0 aliphatic heterocycles. The van der Waals surface area contributed by atoms with Gasteiger partial charge in [-0.2, -0.15) is 0 Å². The molecule has 0 unspecified atom stereocenters. The van der Waals surface area contributed by atoms with Crippen molar-refractivity contribution in [3.63, 3.8) is 0 Å². The highest BCUT2D eigenvalue weighted by molar-refractivity contribution is 7.99. The number of aromatic nitrogens is 5. The van der Waals surface area contributed by atoms with Crippen molar-refractivity contribution in [1.82, 2.24) is 25.0 Å². The molecule has 0 saturated heterocycles. The predicted octanol–water partition coefficient (Wildman–Crippen LogP) is 2.77. The van der Waals surface area contributed by atoms with Gasteiger partial charge in [-0.1, -0.05) is 41.3 Å². The molecule has 26 heavy (non-hydrogen) atoms. The molecule has 1 amide bonds. The summed E-state index contributed by atoms with van der Waals surface area (Å²) in [5.41, 5.74) is 2.63. The number of anilines is 1. The summed E-state index contributed by atoms with van der Waals surface area (Å²) < 4.78 is 7.79. The molecule has 0 saturated carbocycles. The number of carbonyl (C=O) groups excluding carboxylic acids is 1. The Morgan fingerprint density at radius 2 is 2.15 bits per heavy atom. The van der Waals surface area contributed by atoms with E-state index in [1.165, 1.54) is 23.1 Å². The number of thioether (sulfide) groups is 1. The Morgan fingerprint density at radius 1 is 1.31 bits per heavy atom. The van der Waals surface area contributed by atoms with Crippen molar-refractivity contribution in [3.05, 3.63) is 41.2 Å². The maximum atomic E-state index is 12.0. The number of benzene rings is 1. The van der Waals surface area contributed by atoms with Gasteiger partial charge in [-0.05, 0) is 25.5 Å². The summed E-state index contributed by atoms with van der Waals surface area (Å²) in [7, 11) is 0. The van der Waals surface area contributed by atoms with Crippen LogP contribution in [0.3, 0.4) is 0 Å². The molecule has 8 nitrogen and oxygen atoms in total. The standard InChI is InChI=1S/C16H18N6O2S2/c1-3-22-13(8-24-12-7-5-4-6-11(12)2)19-21-16(22)25-9-14(23)18-15-20-17-10-26-15/h4-7,10H,3,8-9H2,1-2H3,(H,18,20,23). The Morgan fingerprint density at radius 3 is 2.88 bits per heavy atom. The lowest BCUT2D eigenvalue weighted by Gasteiger charge is -2.10. The number of ether oxygens (including phenoxy) is 1. The van der Waals surface area contributed by atoms with E-state index in [2.05, 4.69) is 25.7 Å². The Balaban J connectivity index is 1.59. The van der Waals surface area contributed by atoms with E-state index < -0.39 is 0 Å². The average molecular weight is 390 g/mol. The van der Waals surface area contributed by atoms with Crippen LogP contribution in [0.15, 0.2) is 34.9 Å². The number of nitrogens with zero attached hydrogens (tertiary/aromatic N) is 5. The average Bonchev–Trinajstić information content (AvgIpc) is 3.28. The third-order valence-electron chi connectivity index (χ3n) is 3.50. The van der Waals surface area contributed by atoms with Gasteiger partial charge in [0.2, 0.25) is 11.0 Å². The Hall–Kier alpha value is -2.46. The number of nitrogens with one attached hydrogen (secondary N) is 1. The summed E-state index contributed by atoms with van der Waals surface area (Å²) in [6.45, 7) is 5.02. The highest BCUT2D eigenvalue weighted by atomic mass is 32.2. The van der Waals surface area contributed by atoms with Crippen molar-refractivity contribution in [2.24, 2.45) is 0 Å².